The van der Waals surface area contributed by atoms with Crippen LogP contribution in [-0.2, 0) is 6.54 Å². The van der Waals surface area contributed by atoms with Gasteiger partial charge in [-0.15, -0.1) is 0 Å². The molecule has 4 nitrogen and oxygen atoms in total. The second kappa shape index (κ2) is 6.83. The Labute approximate surface area is 154 Å². The molecule has 0 spiro atoms. The Balaban J connectivity index is 1.75. The first-order chi connectivity index (χ1) is 12.1. The minimum Gasteiger partial charge on any atom is -0.352 e. The van der Waals surface area contributed by atoms with Gasteiger partial charge in [0.2, 0.25) is 5.95 Å². The molecule has 0 saturated carbocycles. The van der Waals surface area contributed by atoms with Crippen LogP contribution in [0.25, 0.3) is 11.0 Å². The average Bonchev–Trinajstić information content (AvgIpc) is 3.20. The molecule has 2 aromatic carbocycles. The first kappa shape index (κ1) is 16.6. The van der Waals surface area contributed by atoms with Crippen LogP contribution in [0.5, 0.6) is 0 Å². The zero-order valence-corrected chi connectivity index (χ0v) is 14.9. The van der Waals surface area contributed by atoms with Gasteiger partial charge in [0.05, 0.1) is 22.6 Å². The molecule has 25 heavy (non-hydrogen) atoms. The molecule has 0 aliphatic carbocycles. The Morgan fingerprint density at radius 3 is 2.88 bits per heavy atom. The van der Waals surface area contributed by atoms with Crippen molar-refractivity contribution in [2.45, 2.75) is 19.0 Å². The Kier molecular flexibility index (Phi) is 4.54. The van der Waals surface area contributed by atoms with Gasteiger partial charge in [-0.2, -0.15) is 0 Å². The largest absolute Gasteiger partial charge is 0.352 e. The smallest absolute Gasteiger partial charge is 0.204 e. The lowest BCUT2D eigenvalue weighted by molar-refractivity contribution is 0.627. The van der Waals surface area contributed by atoms with E-state index in [1.54, 1.807) is 12.1 Å². The molecule has 2 heterocycles. The van der Waals surface area contributed by atoms with Crippen LogP contribution in [0.3, 0.4) is 0 Å². The quantitative estimate of drug-likeness (QED) is 0.710. The maximum absolute atomic E-state index is 13.4. The molecule has 0 bridgehead atoms. The highest BCUT2D eigenvalue weighted by Crippen LogP contribution is 2.26. The average molecular weight is 379 g/mol. The molecule has 0 radical (unpaired) electrons. The highest BCUT2D eigenvalue weighted by atomic mass is 35.5. The normalized spacial score (nSPS) is 17.3. The van der Waals surface area contributed by atoms with Gasteiger partial charge in [0.15, 0.2) is 0 Å². The van der Waals surface area contributed by atoms with Gasteiger partial charge >= 0.3 is 0 Å². The lowest BCUT2D eigenvalue weighted by atomic mass is 10.2. The summed E-state index contributed by atoms with van der Waals surface area (Å²) in [5.74, 6) is 0.366. The summed E-state index contributed by atoms with van der Waals surface area (Å²) in [6.45, 7) is 2.43. The van der Waals surface area contributed by atoms with Crippen molar-refractivity contribution in [3.63, 3.8) is 0 Å². The van der Waals surface area contributed by atoms with Crippen molar-refractivity contribution in [1.29, 1.82) is 0 Å². The number of hydrogen-bond acceptors (Lipinski definition) is 3. The van der Waals surface area contributed by atoms with Gasteiger partial charge in [-0.05, 0) is 48.9 Å². The summed E-state index contributed by atoms with van der Waals surface area (Å²) in [5.41, 5.74) is 2.70. The third-order valence-corrected chi connectivity index (χ3v) is 4.95. The van der Waals surface area contributed by atoms with Crippen LogP contribution in [0.1, 0.15) is 12.0 Å². The Bertz CT molecular complexity index is 919. The number of benzene rings is 2. The van der Waals surface area contributed by atoms with Crippen molar-refractivity contribution in [3.8, 4) is 0 Å². The summed E-state index contributed by atoms with van der Waals surface area (Å²) >= 11 is 12.1. The number of fused-ring (bicyclic) bond motifs is 1. The van der Waals surface area contributed by atoms with Crippen LogP contribution in [0.4, 0.5) is 10.3 Å². The molecule has 2 N–H and O–H groups in total. The monoisotopic (exact) mass is 378 g/mol. The number of anilines is 1. The molecule has 1 atom stereocenters. The van der Waals surface area contributed by atoms with Gasteiger partial charge in [-0.25, -0.2) is 9.37 Å². The van der Waals surface area contributed by atoms with Crippen LogP contribution in [0.15, 0.2) is 36.4 Å². The minimum absolute atomic E-state index is 0.120. The van der Waals surface area contributed by atoms with Gasteiger partial charge < -0.3 is 15.2 Å². The zero-order chi connectivity index (χ0) is 17.4. The second-order valence-corrected chi connectivity index (χ2v) is 7.08. The third-order valence-electron chi connectivity index (χ3n) is 4.43. The van der Waals surface area contributed by atoms with E-state index in [-0.39, 0.29) is 5.02 Å². The number of imidazole rings is 1. The molecule has 1 aliphatic rings. The zero-order valence-electron chi connectivity index (χ0n) is 13.4. The summed E-state index contributed by atoms with van der Waals surface area (Å²) in [5, 5.41) is 7.61. The predicted molar refractivity (Wildman–Crippen MR) is 100 cm³/mol. The fourth-order valence-electron chi connectivity index (χ4n) is 3.15. The Morgan fingerprint density at radius 1 is 1.24 bits per heavy atom. The summed E-state index contributed by atoms with van der Waals surface area (Å²) in [4.78, 5) is 4.71. The molecular formula is C18H17Cl2FN4. The molecule has 1 unspecified atom stereocenters. The van der Waals surface area contributed by atoms with E-state index in [9.17, 15) is 4.39 Å². The van der Waals surface area contributed by atoms with Gasteiger partial charge in [0.25, 0.3) is 0 Å². The van der Waals surface area contributed by atoms with Crippen molar-refractivity contribution in [3.05, 3.63) is 57.8 Å². The molecular weight excluding hydrogens is 362 g/mol. The van der Waals surface area contributed by atoms with Crippen molar-refractivity contribution in [2.24, 2.45) is 0 Å². The van der Waals surface area contributed by atoms with E-state index in [1.807, 2.05) is 18.2 Å². The fourth-order valence-corrected chi connectivity index (χ4v) is 3.52. The molecule has 1 fully saturated rings. The molecule has 4 rings (SSSR count). The van der Waals surface area contributed by atoms with Crippen LogP contribution < -0.4 is 10.6 Å². The van der Waals surface area contributed by atoms with Crippen LogP contribution in [0.2, 0.25) is 10.0 Å². The number of halogens is 3. The van der Waals surface area contributed by atoms with E-state index >= 15 is 0 Å². The summed E-state index contributed by atoms with van der Waals surface area (Å²) in [6, 6.07) is 10.7. The first-order valence-electron chi connectivity index (χ1n) is 8.17. The molecule has 130 valence electrons. The molecule has 7 heteroatoms. The maximum atomic E-state index is 13.4. The van der Waals surface area contributed by atoms with Crippen LogP contribution in [0, 0.1) is 5.82 Å². The molecule has 1 aliphatic heterocycles. The number of aromatic nitrogens is 2. The van der Waals surface area contributed by atoms with Crippen molar-refractivity contribution in [2.75, 3.05) is 18.4 Å². The number of hydrogen-bond donors (Lipinski definition) is 2. The van der Waals surface area contributed by atoms with Gasteiger partial charge in [-0.3, -0.25) is 0 Å². The van der Waals surface area contributed by atoms with E-state index in [0.29, 0.717) is 17.6 Å². The topological polar surface area (TPSA) is 41.9 Å². The summed E-state index contributed by atoms with van der Waals surface area (Å²) in [7, 11) is 0. The number of rotatable bonds is 4. The Hall–Kier alpha value is -1.82. The number of nitrogens with zero attached hydrogens (tertiary/aromatic N) is 2. The minimum atomic E-state index is -0.417. The van der Waals surface area contributed by atoms with Gasteiger partial charge in [-0.1, -0.05) is 29.3 Å². The van der Waals surface area contributed by atoms with Crippen LogP contribution in [-0.4, -0.2) is 28.7 Å². The lowest BCUT2D eigenvalue weighted by Gasteiger charge is -2.15. The third kappa shape index (κ3) is 3.45. The number of nitrogens with one attached hydrogen (secondary N) is 2. The van der Waals surface area contributed by atoms with Crippen molar-refractivity contribution >= 4 is 40.2 Å². The summed E-state index contributed by atoms with van der Waals surface area (Å²) < 4.78 is 15.5. The van der Waals surface area contributed by atoms with Gasteiger partial charge in [0.1, 0.15) is 5.82 Å². The second-order valence-electron chi connectivity index (χ2n) is 6.24. The van der Waals surface area contributed by atoms with Gasteiger partial charge in [0, 0.05) is 17.6 Å². The SMILES string of the molecule is Fc1ccc(Cn2c(NC3CCNC3)nc3ccc(Cl)cc32)cc1Cl. The fraction of sp³-hybridized carbons (Fsp3) is 0.278. The first-order valence-corrected chi connectivity index (χ1v) is 8.93. The van der Waals surface area contributed by atoms with Crippen molar-refractivity contribution < 1.29 is 4.39 Å². The highest BCUT2D eigenvalue weighted by Gasteiger charge is 2.19. The predicted octanol–water partition coefficient (Wildman–Crippen LogP) is 4.30. The van der Waals surface area contributed by atoms with E-state index in [1.165, 1.54) is 6.07 Å². The Morgan fingerprint density at radius 2 is 2.12 bits per heavy atom. The van der Waals surface area contributed by atoms with E-state index in [4.69, 9.17) is 28.2 Å². The highest BCUT2D eigenvalue weighted by molar-refractivity contribution is 6.31. The molecule has 0 amide bonds. The van der Waals surface area contributed by atoms with E-state index < -0.39 is 5.82 Å². The summed E-state index contributed by atoms with van der Waals surface area (Å²) in [6.07, 6.45) is 1.05. The molecule has 1 aromatic heterocycles. The molecule has 1 saturated heterocycles. The van der Waals surface area contributed by atoms with Crippen LogP contribution >= 0.6 is 23.2 Å². The van der Waals surface area contributed by atoms with E-state index in [0.717, 1.165) is 42.1 Å². The maximum Gasteiger partial charge on any atom is 0.204 e. The van der Waals surface area contributed by atoms with E-state index in [2.05, 4.69) is 15.2 Å². The molecule has 3 aromatic rings. The lowest BCUT2D eigenvalue weighted by Crippen LogP contribution is -2.24. The van der Waals surface area contributed by atoms with Crippen molar-refractivity contribution in [1.82, 2.24) is 14.9 Å². The standard InChI is InChI=1S/C18H17Cl2FN4/c19-12-2-4-16-17(8-12)25(10-11-1-3-15(21)14(20)7-11)18(24-16)23-13-5-6-22-9-13/h1-4,7-8,13,22H,5-6,9-10H2,(H,23,24).